The number of hydrogen-bond acceptors (Lipinski definition) is 8. The first kappa shape index (κ1) is 15.4. The number of hydrogen-bond donors (Lipinski definition) is 2. The van der Waals surface area contributed by atoms with E-state index in [0.717, 1.165) is 11.3 Å². The van der Waals surface area contributed by atoms with E-state index >= 15 is 0 Å². The highest BCUT2D eigenvalue weighted by Crippen LogP contribution is 2.14. The molecule has 2 rings (SSSR count). The van der Waals surface area contributed by atoms with Gasteiger partial charge in [-0.2, -0.15) is 0 Å². The Morgan fingerprint density at radius 1 is 1.45 bits per heavy atom. The molecule has 0 fully saturated rings. The molecule has 0 amide bonds. The maximum atomic E-state index is 11.1. The third-order valence-electron chi connectivity index (χ3n) is 2.50. The van der Waals surface area contributed by atoms with Gasteiger partial charge in [-0.1, -0.05) is 5.16 Å². The van der Waals surface area contributed by atoms with Crippen LogP contribution < -0.4 is 5.73 Å². The maximum absolute atomic E-state index is 11.1. The van der Waals surface area contributed by atoms with Gasteiger partial charge in [0.1, 0.15) is 12.3 Å². The average Bonchev–Trinajstić information content (AvgIpc) is 2.90. The van der Waals surface area contributed by atoms with Gasteiger partial charge in [0.15, 0.2) is 5.13 Å². The molecular formula is C12H10N4O5S. The van der Waals surface area contributed by atoms with Crippen LogP contribution >= 0.6 is 11.3 Å². The molecule has 114 valence electrons. The summed E-state index contributed by atoms with van der Waals surface area (Å²) in [5.41, 5.74) is 5.75. The molecule has 0 saturated heterocycles. The number of anilines is 1. The fourth-order valence-corrected chi connectivity index (χ4v) is 2.02. The van der Waals surface area contributed by atoms with E-state index in [1.165, 1.54) is 29.6 Å². The molecule has 0 saturated carbocycles. The fraction of sp³-hybridized carbons (Fsp3) is 0.0833. The van der Waals surface area contributed by atoms with E-state index in [0.29, 0.717) is 5.56 Å². The Labute approximate surface area is 127 Å². The monoisotopic (exact) mass is 322 g/mol. The number of rotatable bonds is 6. The second-order valence-electron chi connectivity index (χ2n) is 4.01. The lowest BCUT2D eigenvalue weighted by atomic mass is 10.2. The molecule has 0 radical (unpaired) electrons. The van der Waals surface area contributed by atoms with Gasteiger partial charge in [-0.15, -0.1) is 11.3 Å². The molecule has 22 heavy (non-hydrogen) atoms. The molecule has 0 aliphatic heterocycles. The largest absolute Gasteiger partial charge is 0.476 e. The van der Waals surface area contributed by atoms with Crippen molar-refractivity contribution in [2.45, 2.75) is 6.61 Å². The summed E-state index contributed by atoms with van der Waals surface area (Å²) in [4.78, 5) is 29.9. The Morgan fingerprint density at radius 2 is 2.14 bits per heavy atom. The van der Waals surface area contributed by atoms with E-state index in [-0.39, 0.29) is 28.8 Å². The van der Waals surface area contributed by atoms with E-state index in [4.69, 9.17) is 15.7 Å². The molecule has 9 nitrogen and oxygen atoms in total. The average molecular weight is 322 g/mol. The van der Waals surface area contributed by atoms with Crippen molar-refractivity contribution in [2.24, 2.45) is 5.16 Å². The van der Waals surface area contributed by atoms with Crippen LogP contribution in [0.25, 0.3) is 0 Å². The van der Waals surface area contributed by atoms with Crippen LogP contribution in [0.15, 0.2) is 34.8 Å². The molecule has 1 heterocycles. The van der Waals surface area contributed by atoms with Gasteiger partial charge in [0.05, 0.1) is 4.92 Å². The van der Waals surface area contributed by atoms with E-state index in [1.54, 1.807) is 0 Å². The van der Waals surface area contributed by atoms with Crippen molar-refractivity contribution in [3.63, 3.8) is 0 Å². The second-order valence-corrected chi connectivity index (χ2v) is 4.90. The van der Waals surface area contributed by atoms with Gasteiger partial charge in [0.25, 0.3) is 5.69 Å². The second kappa shape index (κ2) is 6.63. The number of oxime groups is 1. The number of nitro groups is 1. The molecule has 0 atom stereocenters. The molecule has 0 bridgehead atoms. The van der Waals surface area contributed by atoms with Gasteiger partial charge >= 0.3 is 5.97 Å². The maximum Gasteiger partial charge on any atom is 0.360 e. The Morgan fingerprint density at radius 3 is 2.64 bits per heavy atom. The number of carboxylic acids is 1. The molecule has 3 N–H and O–H groups in total. The Kier molecular flexibility index (Phi) is 4.63. The van der Waals surface area contributed by atoms with Crippen LogP contribution in [0.5, 0.6) is 0 Å². The standard InChI is InChI=1S/C12H10N4O5S/c13-12-14-9(6-22-12)10(11(17)18)15-21-5-7-1-3-8(4-2-7)16(19)20/h1-4,6H,5H2,(H2,13,14)(H,17,18). The Hall–Kier alpha value is -3.01. The number of nitrogens with two attached hydrogens (primary N) is 1. The predicted molar refractivity (Wildman–Crippen MR) is 78.6 cm³/mol. The summed E-state index contributed by atoms with van der Waals surface area (Å²) in [6.45, 7) is -0.0333. The van der Waals surface area contributed by atoms with Crippen molar-refractivity contribution in [2.75, 3.05) is 5.73 Å². The first-order chi connectivity index (χ1) is 10.5. The zero-order chi connectivity index (χ0) is 16.1. The van der Waals surface area contributed by atoms with Crippen LogP contribution in [-0.2, 0) is 16.2 Å². The van der Waals surface area contributed by atoms with Crippen molar-refractivity contribution < 1.29 is 19.7 Å². The molecule has 1 aromatic carbocycles. The van der Waals surface area contributed by atoms with E-state index in [2.05, 4.69) is 10.1 Å². The summed E-state index contributed by atoms with van der Waals surface area (Å²) >= 11 is 1.09. The zero-order valence-electron chi connectivity index (χ0n) is 11.0. The summed E-state index contributed by atoms with van der Waals surface area (Å²) < 4.78 is 0. The Bertz CT molecular complexity index is 725. The quantitative estimate of drug-likeness (QED) is 0.467. The van der Waals surface area contributed by atoms with Crippen LogP contribution in [-0.4, -0.2) is 26.7 Å². The highest BCUT2D eigenvalue weighted by Gasteiger charge is 2.17. The van der Waals surface area contributed by atoms with Crippen LogP contribution in [0.3, 0.4) is 0 Å². The van der Waals surface area contributed by atoms with Crippen molar-refractivity contribution >= 4 is 33.8 Å². The minimum atomic E-state index is -1.30. The van der Waals surface area contributed by atoms with Crippen molar-refractivity contribution in [3.05, 3.63) is 51.0 Å². The summed E-state index contributed by atoms with van der Waals surface area (Å²) in [6, 6.07) is 5.63. The number of carbonyl (C=O) groups is 1. The number of aromatic nitrogens is 1. The number of non-ortho nitro benzene ring substituents is 1. The molecule has 1 aromatic heterocycles. The number of benzene rings is 1. The van der Waals surface area contributed by atoms with Crippen LogP contribution in [0.1, 0.15) is 11.3 Å². The third kappa shape index (κ3) is 3.76. The van der Waals surface area contributed by atoms with Gasteiger partial charge in [0, 0.05) is 17.5 Å². The summed E-state index contributed by atoms with van der Waals surface area (Å²) in [5, 5.41) is 24.8. The zero-order valence-corrected chi connectivity index (χ0v) is 11.8. The highest BCUT2D eigenvalue weighted by molar-refractivity contribution is 7.13. The summed E-state index contributed by atoms with van der Waals surface area (Å²) in [5.74, 6) is -1.30. The van der Waals surface area contributed by atoms with Gasteiger partial charge in [-0.05, 0) is 17.7 Å². The lowest BCUT2D eigenvalue weighted by Crippen LogP contribution is -2.15. The minimum absolute atomic E-state index is 0.0333. The number of nitrogens with zero attached hydrogens (tertiary/aromatic N) is 3. The van der Waals surface area contributed by atoms with Gasteiger partial charge in [0.2, 0.25) is 5.71 Å². The van der Waals surface area contributed by atoms with E-state index in [1.807, 2.05) is 0 Å². The first-order valence-electron chi connectivity index (χ1n) is 5.85. The van der Waals surface area contributed by atoms with E-state index < -0.39 is 10.9 Å². The lowest BCUT2D eigenvalue weighted by molar-refractivity contribution is -0.384. The molecule has 2 aromatic rings. The van der Waals surface area contributed by atoms with Gasteiger partial charge < -0.3 is 15.7 Å². The summed E-state index contributed by atoms with van der Waals surface area (Å²) in [7, 11) is 0. The molecule has 0 spiro atoms. The van der Waals surface area contributed by atoms with Crippen molar-refractivity contribution in [1.82, 2.24) is 4.98 Å². The summed E-state index contributed by atoms with van der Waals surface area (Å²) in [6.07, 6.45) is 0. The molecule has 10 heteroatoms. The smallest absolute Gasteiger partial charge is 0.360 e. The van der Waals surface area contributed by atoms with Crippen LogP contribution in [0.2, 0.25) is 0 Å². The number of nitrogen functional groups attached to an aromatic ring is 1. The molecule has 0 aliphatic carbocycles. The molecular weight excluding hydrogens is 312 g/mol. The first-order valence-corrected chi connectivity index (χ1v) is 6.73. The van der Waals surface area contributed by atoms with Crippen molar-refractivity contribution in [3.8, 4) is 0 Å². The minimum Gasteiger partial charge on any atom is -0.476 e. The number of thiazole rings is 1. The topological polar surface area (TPSA) is 141 Å². The number of nitro benzene ring substituents is 1. The normalized spacial score (nSPS) is 11.2. The van der Waals surface area contributed by atoms with Crippen LogP contribution in [0.4, 0.5) is 10.8 Å². The predicted octanol–water partition coefficient (Wildman–Crippen LogP) is 1.64. The molecule has 0 unspecified atom stereocenters. The number of carboxylic acid groups (broad SMARTS) is 1. The Balaban J connectivity index is 2.05. The number of aliphatic carboxylic acids is 1. The molecule has 0 aliphatic rings. The van der Waals surface area contributed by atoms with Crippen molar-refractivity contribution in [1.29, 1.82) is 0 Å². The SMILES string of the molecule is Nc1nc(C(=NOCc2ccc([N+](=O)[O-])cc2)C(=O)O)cs1. The van der Waals surface area contributed by atoms with Gasteiger partial charge in [-0.25, -0.2) is 9.78 Å². The third-order valence-corrected chi connectivity index (χ3v) is 3.18. The highest BCUT2D eigenvalue weighted by atomic mass is 32.1. The van der Waals surface area contributed by atoms with E-state index in [9.17, 15) is 14.9 Å². The fourth-order valence-electron chi connectivity index (χ4n) is 1.48. The lowest BCUT2D eigenvalue weighted by Gasteiger charge is -2.01. The van der Waals surface area contributed by atoms with Crippen LogP contribution in [0, 0.1) is 10.1 Å². The van der Waals surface area contributed by atoms with Gasteiger partial charge in [-0.3, -0.25) is 10.1 Å².